The largest absolute Gasteiger partial charge is 0.461 e. The molecular formula is C37H43ClF5N9O3. The first-order chi connectivity index (χ1) is 26.3. The number of nitrogens with zero attached hydrogens (tertiary/aromatic N) is 7. The number of hydrogen-bond acceptors (Lipinski definition) is 10. The summed E-state index contributed by atoms with van der Waals surface area (Å²) in [4.78, 5) is 29.2. The summed E-state index contributed by atoms with van der Waals surface area (Å²) in [5.41, 5.74) is 4.54. The second kappa shape index (κ2) is 13.4. The molecule has 1 aromatic carbocycles. The number of nitrogens with two attached hydrogens (primary N) is 1. The molecule has 7 heterocycles. The minimum absolute atomic E-state index is 0.0242. The Morgan fingerprint density at radius 1 is 1.16 bits per heavy atom. The third-order valence-electron chi connectivity index (χ3n) is 13.0. The Morgan fingerprint density at radius 2 is 2.00 bits per heavy atom. The fourth-order valence-electron chi connectivity index (χ4n) is 9.92. The van der Waals surface area contributed by atoms with Crippen LogP contribution in [-0.2, 0) is 37.0 Å². The van der Waals surface area contributed by atoms with E-state index in [-0.39, 0.29) is 54.4 Å². The molecule has 0 bridgehead atoms. The van der Waals surface area contributed by atoms with Gasteiger partial charge in [-0.2, -0.15) is 28.2 Å². The fraction of sp³-hybridized carbons (Fsp3) is 0.622. The molecule has 5 atom stereocenters. The second-order valence-corrected chi connectivity index (χ2v) is 16.4. The van der Waals surface area contributed by atoms with Crippen molar-refractivity contribution in [2.45, 2.75) is 94.2 Å². The molecule has 1 amide bonds. The van der Waals surface area contributed by atoms with Crippen LogP contribution in [0.15, 0.2) is 12.1 Å². The van der Waals surface area contributed by atoms with Gasteiger partial charge < -0.3 is 30.3 Å². The third kappa shape index (κ3) is 6.11. The first-order valence-corrected chi connectivity index (χ1v) is 19.3. The van der Waals surface area contributed by atoms with Crippen molar-refractivity contribution in [3.8, 4) is 6.01 Å². The number of ether oxygens (including phenoxy) is 2. The lowest BCUT2D eigenvalue weighted by molar-refractivity contribution is -0.140. The first kappa shape index (κ1) is 36.8. The van der Waals surface area contributed by atoms with Gasteiger partial charge in [-0.25, -0.2) is 8.78 Å². The lowest BCUT2D eigenvalue weighted by Gasteiger charge is -2.43. The molecule has 2 aromatic heterocycles. The number of nitrogen functional groups attached to an aromatic ring is 1. The molecule has 4 fully saturated rings. The highest BCUT2D eigenvalue weighted by Crippen LogP contribution is 2.46. The van der Waals surface area contributed by atoms with E-state index in [1.807, 2.05) is 16.8 Å². The van der Waals surface area contributed by atoms with E-state index in [2.05, 4.69) is 15.2 Å². The molecule has 3 aromatic rings. The number of likely N-dealkylation sites (N-methyl/N-ethyl adjacent to an activating group) is 1. The smallest absolute Gasteiger partial charge is 0.416 e. The van der Waals surface area contributed by atoms with Crippen molar-refractivity contribution < 1.29 is 36.2 Å². The Hall–Kier alpha value is -3.80. The van der Waals surface area contributed by atoms with Crippen LogP contribution >= 0.6 is 11.6 Å². The molecule has 5 aliphatic heterocycles. The molecule has 1 aliphatic carbocycles. The van der Waals surface area contributed by atoms with Gasteiger partial charge in [0.15, 0.2) is 11.5 Å². The van der Waals surface area contributed by atoms with E-state index < -0.39 is 46.6 Å². The number of alkyl halides is 4. The summed E-state index contributed by atoms with van der Waals surface area (Å²) in [6.45, 7) is 3.38. The Morgan fingerprint density at radius 3 is 2.75 bits per heavy atom. The van der Waals surface area contributed by atoms with Crippen molar-refractivity contribution in [1.82, 2.24) is 34.9 Å². The van der Waals surface area contributed by atoms with Gasteiger partial charge in [0, 0.05) is 62.2 Å². The monoisotopic (exact) mass is 791 g/mol. The summed E-state index contributed by atoms with van der Waals surface area (Å²) in [5.74, 6) is -0.605. The standard InChI is InChI=1S/C37H43ClF5N9O3/c1-45-36-8-6-20(36)14-50(18-36)33(53)31-29(38)26-16-49(9-3-11-52(26)48-31)32-22-17-54-27(28-23(37(41,42)43)4-5-24(44)30(28)40)12-25(22)46-34(47-32)55-19-35-7-2-10-51(35)15-21(39)13-35/h4-5,20-21,27,45H,2-3,6-19,44H2,1H3/t20?,21-,27+,35+,36?/m1/s1. The quantitative estimate of drug-likeness (QED) is 0.248. The highest BCUT2D eigenvalue weighted by molar-refractivity contribution is 6.34. The summed E-state index contributed by atoms with van der Waals surface area (Å²) in [5, 5.41) is 8.37. The van der Waals surface area contributed by atoms with Crippen molar-refractivity contribution >= 4 is 29.0 Å². The van der Waals surface area contributed by atoms with Crippen molar-refractivity contribution in [3.63, 3.8) is 0 Å². The second-order valence-electron chi connectivity index (χ2n) is 16.0. The number of fused-ring (bicyclic) bond motifs is 4. The Labute approximate surface area is 319 Å². The number of nitrogens with one attached hydrogen (secondary N) is 1. The maximum Gasteiger partial charge on any atom is 0.416 e. The molecule has 1 saturated carbocycles. The average Bonchev–Trinajstić information content (AvgIpc) is 3.79. The van der Waals surface area contributed by atoms with E-state index in [1.54, 1.807) is 4.68 Å². The molecule has 3 saturated heterocycles. The van der Waals surface area contributed by atoms with Gasteiger partial charge >= 0.3 is 12.2 Å². The summed E-state index contributed by atoms with van der Waals surface area (Å²) >= 11 is 7.00. The van der Waals surface area contributed by atoms with Crippen LogP contribution in [0.1, 0.15) is 83.2 Å². The van der Waals surface area contributed by atoms with E-state index in [0.717, 1.165) is 44.4 Å². The number of amides is 1. The normalized spacial score (nSPS) is 29.0. The molecule has 3 N–H and O–H groups in total. The lowest BCUT2D eigenvalue weighted by atomic mass is 9.69. The zero-order chi connectivity index (χ0) is 38.4. The number of hydrogen-bond donors (Lipinski definition) is 2. The van der Waals surface area contributed by atoms with Crippen LogP contribution < -0.4 is 20.7 Å². The molecule has 18 heteroatoms. The summed E-state index contributed by atoms with van der Waals surface area (Å²) in [6.07, 6.45) is -2.78. The van der Waals surface area contributed by atoms with Gasteiger partial charge in [-0.3, -0.25) is 14.4 Å². The zero-order valence-corrected chi connectivity index (χ0v) is 31.2. The molecule has 0 spiro atoms. The van der Waals surface area contributed by atoms with E-state index in [1.165, 1.54) is 0 Å². The van der Waals surface area contributed by atoms with E-state index in [9.17, 15) is 22.4 Å². The van der Waals surface area contributed by atoms with Gasteiger partial charge in [0.05, 0.1) is 52.5 Å². The molecule has 12 nitrogen and oxygen atoms in total. The summed E-state index contributed by atoms with van der Waals surface area (Å²) < 4.78 is 86.7. The Balaban J connectivity index is 1.05. The van der Waals surface area contributed by atoms with Gasteiger partial charge in [-0.15, -0.1) is 0 Å². The van der Waals surface area contributed by atoms with Crippen LogP contribution in [0.4, 0.5) is 33.5 Å². The average molecular weight is 792 g/mol. The van der Waals surface area contributed by atoms with E-state index in [4.69, 9.17) is 36.9 Å². The number of aromatic nitrogens is 4. The van der Waals surface area contributed by atoms with Crippen molar-refractivity contribution in [1.29, 1.82) is 0 Å². The predicted molar refractivity (Wildman–Crippen MR) is 191 cm³/mol. The first-order valence-electron chi connectivity index (χ1n) is 19.0. The Bertz CT molecular complexity index is 2030. The van der Waals surface area contributed by atoms with Crippen LogP contribution in [-0.4, -0.2) is 99.1 Å². The molecule has 9 rings (SSSR count). The van der Waals surface area contributed by atoms with E-state index in [0.29, 0.717) is 74.3 Å². The number of rotatable bonds is 7. The fourth-order valence-corrected chi connectivity index (χ4v) is 10.2. The summed E-state index contributed by atoms with van der Waals surface area (Å²) in [6, 6.07) is 1.63. The van der Waals surface area contributed by atoms with Crippen molar-refractivity contribution in [2.24, 2.45) is 5.92 Å². The number of aryl methyl sites for hydroxylation is 1. The van der Waals surface area contributed by atoms with Crippen molar-refractivity contribution in [2.75, 3.05) is 57.0 Å². The molecule has 0 radical (unpaired) electrons. The zero-order valence-electron chi connectivity index (χ0n) is 30.4. The minimum Gasteiger partial charge on any atom is -0.461 e. The molecular weight excluding hydrogens is 749 g/mol. The van der Waals surface area contributed by atoms with Crippen LogP contribution in [0.25, 0.3) is 0 Å². The number of benzene rings is 1. The van der Waals surface area contributed by atoms with Gasteiger partial charge in [0.25, 0.3) is 5.91 Å². The van der Waals surface area contributed by atoms with E-state index >= 15 is 4.39 Å². The van der Waals surface area contributed by atoms with Gasteiger partial charge in [0.1, 0.15) is 18.6 Å². The maximum atomic E-state index is 15.5. The Kier molecular flexibility index (Phi) is 8.97. The van der Waals surface area contributed by atoms with Crippen LogP contribution in [0.3, 0.4) is 0 Å². The minimum atomic E-state index is -4.86. The maximum absolute atomic E-state index is 15.5. The molecule has 6 aliphatic rings. The van der Waals surface area contributed by atoms with Crippen LogP contribution in [0, 0.1) is 11.7 Å². The number of carbonyl (C=O) groups excluding carboxylic acids is 1. The van der Waals surface area contributed by atoms with Crippen LogP contribution in [0.2, 0.25) is 5.02 Å². The number of halogens is 6. The SMILES string of the molecule is CNC12CCC1CN(C(=O)c1nn3c(c1Cl)CN(c1nc(OC[C@@]45CCCN4C[C@H](F)C5)nc4c1CO[C@H](c1c(C(F)(F)F)ccc(N)c1F)C4)CCC3)C2. The molecule has 296 valence electrons. The molecule has 55 heavy (non-hydrogen) atoms. The third-order valence-corrected chi connectivity index (χ3v) is 13.4. The van der Waals surface area contributed by atoms with Gasteiger partial charge in [-0.1, -0.05) is 11.6 Å². The highest BCUT2D eigenvalue weighted by Gasteiger charge is 2.54. The number of anilines is 2. The van der Waals surface area contributed by atoms with Gasteiger partial charge in [0.2, 0.25) is 0 Å². The predicted octanol–water partition coefficient (Wildman–Crippen LogP) is 5.07. The number of carbonyl (C=O) groups is 1. The highest BCUT2D eigenvalue weighted by atomic mass is 35.5. The lowest BCUT2D eigenvalue weighted by Crippen LogP contribution is -2.56. The van der Waals surface area contributed by atoms with Gasteiger partial charge in [-0.05, 0) is 63.7 Å². The van der Waals surface area contributed by atoms with Crippen LogP contribution in [0.5, 0.6) is 6.01 Å². The molecule has 2 unspecified atom stereocenters. The summed E-state index contributed by atoms with van der Waals surface area (Å²) in [7, 11) is 1.93. The van der Waals surface area contributed by atoms with Crippen molar-refractivity contribution in [3.05, 3.63) is 56.7 Å². The number of likely N-dealkylation sites (tertiary alicyclic amines) is 1. The topological polar surface area (TPSA) is 127 Å².